The van der Waals surface area contributed by atoms with E-state index >= 15 is 0 Å². The highest BCUT2D eigenvalue weighted by atomic mass is 16.6. The monoisotopic (exact) mass is 164 g/mol. The van der Waals surface area contributed by atoms with Gasteiger partial charge in [-0.2, -0.15) is 0 Å². The van der Waals surface area contributed by atoms with E-state index in [1.165, 1.54) is 6.08 Å². The number of ether oxygens (including phenoxy) is 1. The van der Waals surface area contributed by atoms with Gasteiger partial charge in [0.15, 0.2) is 0 Å². The molecule has 0 aliphatic carbocycles. The lowest BCUT2D eigenvalue weighted by atomic mass is 10.1. The Morgan fingerprint density at radius 1 is 1.17 bits per heavy atom. The molecular weight excluding hydrogens is 152 g/mol. The third-order valence-corrected chi connectivity index (χ3v) is 1.43. The van der Waals surface area contributed by atoms with E-state index in [0.717, 1.165) is 0 Å². The molecule has 0 spiro atoms. The van der Waals surface area contributed by atoms with Gasteiger partial charge in [0.1, 0.15) is 5.60 Å². The summed E-state index contributed by atoms with van der Waals surface area (Å²) in [5.74, 6) is -0.309. The van der Waals surface area contributed by atoms with Crippen LogP contribution in [0.4, 0.5) is 0 Å². The van der Waals surface area contributed by atoms with Crippen molar-refractivity contribution in [2.75, 3.05) is 0 Å². The predicted molar refractivity (Wildman–Crippen MR) is 47.6 cm³/mol. The molecule has 0 saturated carbocycles. The third-order valence-electron chi connectivity index (χ3n) is 1.43. The van der Waals surface area contributed by atoms with E-state index in [2.05, 4.69) is 0 Å². The van der Waals surface area contributed by atoms with Crippen LogP contribution in [0, 0.1) is 0 Å². The summed E-state index contributed by atoms with van der Waals surface area (Å²) < 4.78 is 5.11. The molecule has 0 fully saturated rings. The van der Waals surface area contributed by atoms with Gasteiger partial charge in [0, 0.05) is 6.08 Å². The van der Waals surface area contributed by atoms with Crippen molar-refractivity contribution in [3.8, 4) is 0 Å². The first-order valence-corrected chi connectivity index (χ1v) is 3.86. The number of carbonyl (C=O) groups is 1. The molecule has 64 valence electrons. The summed E-state index contributed by atoms with van der Waals surface area (Å²) in [5.41, 5.74) is -0.518. The molecule has 0 aromatic rings. The van der Waals surface area contributed by atoms with Crippen molar-refractivity contribution < 1.29 is 9.53 Å². The van der Waals surface area contributed by atoms with E-state index in [1.807, 2.05) is 32.1 Å². The lowest BCUT2D eigenvalue weighted by Gasteiger charge is -2.19. The highest BCUT2D eigenvalue weighted by Gasteiger charge is 2.17. The van der Waals surface area contributed by atoms with Crippen LogP contribution in [0.2, 0.25) is 0 Å². The maximum absolute atomic E-state index is 11.0. The maximum Gasteiger partial charge on any atom is 0.331 e. The summed E-state index contributed by atoms with van der Waals surface area (Å²) in [6, 6.07) is 0. The van der Waals surface area contributed by atoms with Crippen molar-refractivity contribution in [1.29, 1.82) is 0 Å². The molecular formula is C10H12O2. The summed E-state index contributed by atoms with van der Waals surface area (Å²) >= 11 is 0. The van der Waals surface area contributed by atoms with Crippen LogP contribution in [0.3, 0.4) is 0 Å². The lowest BCUT2D eigenvalue weighted by Crippen LogP contribution is -2.24. The zero-order chi connectivity index (χ0) is 9.03. The fourth-order valence-corrected chi connectivity index (χ4v) is 0.877. The quantitative estimate of drug-likeness (QED) is 0.512. The summed E-state index contributed by atoms with van der Waals surface area (Å²) in [4.78, 5) is 11.0. The Balaban J connectivity index is 2.86. The second-order valence-corrected chi connectivity index (χ2v) is 3.13. The Morgan fingerprint density at radius 3 is 2.58 bits per heavy atom. The van der Waals surface area contributed by atoms with E-state index in [1.54, 1.807) is 12.2 Å². The van der Waals surface area contributed by atoms with Crippen molar-refractivity contribution in [2.24, 2.45) is 0 Å². The SMILES string of the molecule is CC1(C)C=CC=CC=CC(=O)O1. The molecule has 0 aromatic carbocycles. The van der Waals surface area contributed by atoms with Crippen molar-refractivity contribution in [3.05, 3.63) is 36.5 Å². The van der Waals surface area contributed by atoms with Crippen molar-refractivity contribution in [3.63, 3.8) is 0 Å². The number of hydrogen-bond acceptors (Lipinski definition) is 2. The fourth-order valence-electron chi connectivity index (χ4n) is 0.877. The predicted octanol–water partition coefficient (Wildman–Crippen LogP) is 1.99. The molecule has 0 aromatic heterocycles. The molecule has 0 bridgehead atoms. The van der Waals surface area contributed by atoms with Gasteiger partial charge in [-0.05, 0) is 19.9 Å². The topological polar surface area (TPSA) is 26.3 Å². The molecule has 0 radical (unpaired) electrons. The fraction of sp³-hybridized carbons (Fsp3) is 0.300. The normalized spacial score (nSPS) is 21.0. The van der Waals surface area contributed by atoms with Gasteiger partial charge in [-0.15, -0.1) is 0 Å². The lowest BCUT2D eigenvalue weighted by molar-refractivity contribution is -0.146. The molecule has 0 amide bonds. The van der Waals surface area contributed by atoms with Crippen molar-refractivity contribution >= 4 is 5.97 Å². The van der Waals surface area contributed by atoms with Crippen molar-refractivity contribution in [1.82, 2.24) is 0 Å². The van der Waals surface area contributed by atoms with E-state index in [9.17, 15) is 4.79 Å². The smallest absolute Gasteiger partial charge is 0.331 e. The summed E-state index contributed by atoms with van der Waals surface area (Å²) in [5, 5.41) is 0. The molecule has 2 nitrogen and oxygen atoms in total. The highest BCUT2D eigenvalue weighted by molar-refractivity contribution is 5.82. The average molecular weight is 164 g/mol. The molecule has 0 N–H and O–H groups in total. The Bertz CT molecular complexity index is 257. The minimum Gasteiger partial charge on any atom is -0.452 e. The standard InChI is InChI=1S/C10H12O2/c1-10(2)8-6-4-3-5-7-9(11)12-10/h3-8H,1-2H3. The van der Waals surface area contributed by atoms with Crippen LogP contribution in [0.15, 0.2) is 36.5 Å². The molecule has 12 heavy (non-hydrogen) atoms. The van der Waals surface area contributed by atoms with Crippen LogP contribution in [0.5, 0.6) is 0 Å². The Morgan fingerprint density at radius 2 is 1.83 bits per heavy atom. The van der Waals surface area contributed by atoms with Gasteiger partial charge >= 0.3 is 5.97 Å². The first-order valence-electron chi connectivity index (χ1n) is 3.86. The van der Waals surface area contributed by atoms with Gasteiger partial charge in [0.2, 0.25) is 0 Å². The molecule has 0 saturated heterocycles. The molecule has 0 unspecified atom stereocenters. The Labute approximate surface area is 72.2 Å². The number of cyclic esters (lactones) is 1. The van der Waals surface area contributed by atoms with Crippen LogP contribution >= 0.6 is 0 Å². The second kappa shape index (κ2) is 3.39. The van der Waals surface area contributed by atoms with Gasteiger partial charge in [-0.25, -0.2) is 4.79 Å². The van der Waals surface area contributed by atoms with E-state index in [-0.39, 0.29) is 5.97 Å². The Kier molecular flexibility index (Phi) is 2.48. The first kappa shape index (κ1) is 8.78. The number of esters is 1. The van der Waals surface area contributed by atoms with Gasteiger partial charge in [-0.3, -0.25) is 0 Å². The van der Waals surface area contributed by atoms with Crippen LogP contribution < -0.4 is 0 Å². The van der Waals surface area contributed by atoms with Gasteiger partial charge in [-0.1, -0.05) is 24.3 Å². The highest BCUT2D eigenvalue weighted by Crippen LogP contribution is 2.12. The van der Waals surface area contributed by atoms with E-state index in [4.69, 9.17) is 4.74 Å². The molecule has 2 heteroatoms. The number of rotatable bonds is 0. The molecule has 1 heterocycles. The van der Waals surface area contributed by atoms with E-state index < -0.39 is 5.60 Å². The number of allylic oxidation sites excluding steroid dienone is 4. The zero-order valence-electron chi connectivity index (χ0n) is 7.28. The van der Waals surface area contributed by atoms with Gasteiger partial charge in [0.25, 0.3) is 0 Å². The summed E-state index contributed by atoms with van der Waals surface area (Å²) in [6.07, 6.45) is 10.4. The van der Waals surface area contributed by atoms with Gasteiger partial charge < -0.3 is 4.74 Å². The second-order valence-electron chi connectivity index (χ2n) is 3.13. The first-order chi connectivity index (χ1) is 5.60. The van der Waals surface area contributed by atoms with Crippen LogP contribution in [0.25, 0.3) is 0 Å². The number of carbonyl (C=O) groups excluding carboxylic acids is 1. The van der Waals surface area contributed by atoms with Gasteiger partial charge in [0.05, 0.1) is 0 Å². The van der Waals surface area contributed by atoms with E-state index in [0.29, 0.717) is 0 Å². The number of hydrogen-bond donors (Lipinski definition) is 0. The third kappa shape index (κ3) is 2.74. The largest absolute Gasteiger partial charge is 0.452 e. The zero-order valence-corrected chi connectivity index (χ0v) is 7.28. The average Bonchev–Trinajstić information content (AvgIpc) is 1.99. The van der Waals surface area contributed by atoms with Crippen LogP contribution in [-0.2, 0) is 9.53 Å². The van der Waals surface area contributed by atoms with Crippen LogP contribution in [0.1, 0.15) is 13.8 Å². The maximum atomic E-state index is 11.0. The Hall–Kier alpha value is -1.31. The molecule has 0 atom stereocenters. The summed E-state index contributed by atoms with van der Waals surface area (Å²) in [7, 11) is 0. The molecule has 1 aliphatic heterocycles. The minimum absolute atomic E-state index is 0.309. The van der Waals surface area contributed by atoms with Crippen molar-refractivity contribution in [2.45, 2.75) is 19.4 Å². The molecule has 1 aliphatic rings. The van der Waals surface area contributed by atoms with Crippen LogP contribution in [-0.4, -0.2) is 11.6 Å². The summed E-state index contributed by atoms with van der Waals surface area (Å²) in [6.45, 7) is 3.68. The molecule has 1 rings (SSSR count). The minimum atomic E-state index is -0.518.